The van der Waals surface area contributed by atoms with E-state index in [4.69, 9.17) is 23.2 Å². The van der Waals surface area contributed by atoms with Crippen LogP contribution in [0, 0.1) is 0 Å². The minimum absolute atomic E-state index is 0.566. The van der Waals surface area contributed by atoms with E-state index in [0.29, 0.717) is 16.1 Å². The fourth-order valence-electron chi connectivity index (χ4n) is 1.80. The van der Waals surface area contributed by atoms with Crippen LogP contribution in [-0.4, -0.2) is 19.1 Å². The van der Waals surface area contributed by atoms with Gasteiger partial charge in [-0.2, -0.15) is 0 Å². The van der Waals surface area contributed by atoms with Crippen LogP contribution < -0.4 is 10.6 Å². The van der Waals surface area contributed by atoms with Crippen molar-refractivity contribution >= 4 is 28.9 Å². The summed E-state index contributed by atoms with van der Waals surface area (Å²) in [5.74, 6) is 0. The molecule has 2 rings (SSSR count). The topological polar surface area (TPSA) is 24.1 Å². The van der Waals surface area contributed by atoms with E-state index < -0.39 is 0 Å². The minimum atomic E-state index is 0.566. The Labute approximate surface area is 100.0 Å². The third-order valence-electron chi connectivity index (χ3n) is 2.63. The van der Waals surface area contributed by atoms with Crippen molar-refractivity contribution in [2.45, 2.75) is 18.9 Å². The van der Waals surface area contributed by atoms with Gasteiger partial charge in [-0.15, -0.1) is 0 Å². The van der Waals surface area contributed by atoms with Gasteiger partial charge in [0, 0.05) is 17.6 Å². The summed E-state index contributed by atoms with van der Waals surface area (Å²) in [7, 11) is 0. The lowest BCUT2D eigenvalue weighted by molar-refractivity contribution is 0.633. The van der Waals surface area contributed by atoms with Gasteiger partial charge in [0.2, 0.25) is 0 Å². The Morgan fingerprint density at radius 3 is 2.93 bits per heavy atom. The molecule has 1 saturated heterocycles. The number of rotatable bonds is 3. The van der Waals surface area contributed by atoms with Gasteiger partial charge in [0.1, 0.15) is 0 Å². The van der Waals surface area contributed by atoms with E-state index in [0.717, 1.165) is 18.8 Å². The highest BCUT2D eigenvalue weighted by Crippen LogP contribution is 2.25. The van der Waals surface area contributed by atoms with Gasteiger partial charge >= 0.3 is 0 Å². The van der Waals surface area contributed by atoms with Gasteiger partial charge < -0.3 is 10.6 Å². The first kappa shape index (κ1) is 11.1. The number of benzene rings is 1. The first-order valence-electron chi connectivity index (χ1n) is 5.18. The molecule has 1 aliphatic rings. The zero-order valence-corrected chi connectivity index (χ0v) is 9.91. The summed E-state index contributed by atoms with van der Waals surface area (Å²) < 4.78 is 0. The molecule has 0 amide bonds. The number of nitrogens with one attached hydrogen (secondary N) is 2. The average Bonchev–Trinajstić information content (AvgIpc) is 2.69. The quantitative estimate of drug-likeness (QED) is 0.854. The van der Waals surface area contributed by atoms with Crippen molar-refractivity contribution in [1.29, 1.82) is 0 Å². The molecule has 1 aromatic carbocycles. The van der Waals surface area contributed by atoms with Gasteiger partial charge in [0.25, 0.3) is 0 Å². The first-order chi connectivity index (χ1) is 7.25. The lowest BCUT2D eigenvalue weighted by Gasteiger charge is -2.13. The predicted octanol–water partition coefficient (Wildman–Crippen LogP) is 3.16. The average molecular weight is 245 g/mol. The van der Waals surface area contributed by atoms with E-state index in [1.54, 1.807) is 6.07 Å². The van der Waals surface area contributed by atoms with Crippen LogP contribution in [0.4, 0.5) is 5.69 Å². The molecule has 2 N–H and O–H groups in total. The Kier molecular flexibility index (Phi) is 3.73. The summed E-state index contributed by atoms with van der Waals surface area (Å²) in [5, 5.41) is 8.11. The van der Waals surface area contributed by atoms with E-state index in [1.165, 1.54) is 12.8 Å². The Morgan fingerprint density at radius 2 is 2.27 bits per heavy atom. The molecule has 1 atom stereocenters. The van der Waals surface area contributed by atoms with Crippen molar-refractivity contribution in [1.82, 2.24) is 5.32 Å². The third-order valence-corrected chi connectivity index (χ3v) is 3.18. The number of hydrogen-bond acceptors (Lipinski definition) is 2. The molecule has 4 heteroatoms. The molecule has 0 unspecified atom stereocenters. The largest absolute Gasteiger partial charge is 0.382 e. The van der Waals surface area contributed by atoms with Gasteiger partial charge in [0.05, 0.1) is 10.7 Å². The van der Waals surface area contributed by atoms with Crippen LogP contribution in [0.15, 0.2) is 18.2 Å². The van der Waals surface area contributed by atoms with Crippen LogP contribution >= 0.6 is 23.2 Å². The molecule has 1 heterocycles. The number of anilines is 1. The first-order valence-corrected chi connectivity index (χ1v) is 5.93. The minimum Gasteiger partial charge on any atom is -0.382 e. The molecule has 82 valence electrons. The van der Waals surface area contributed by atoms with E-state index in [9.17, 15) is 0 Å². The van der Waals surface area contributed by atoms with Crippen LogP contribution in [0.1, 0.15) is 12.8 Å². The molecule has 2 nitrogen and oxygen atoms in total. The van der Waals surface area contributed by atoms with Crippen LogP contribution in [0.2, 0.25) is 10.0 Å². The van der Waals surface area contributed by atoms with Crippen LogP contribution in [-0.2, 0) is 0 Å². The maximum absolute atomic E-state index is 6.05. The highest BCUT2D eigenvalue weighted by molar-refractivity contribution is 6.36. The molecule has 0 aliphatic carbocycles. The summed E-state index contributed by atoms with van der Waals surface area (Å²) >= 11 is 11.9. The molecule has 15 heavy (non-hydrogen) atoms. The lowest BCUT2D eigenvalue weighted by Crippen LogP contribution is -2.29. The zero-order valence-electron chi connectivity index (χ0n) is 8.39. The van der Waals surface area contributed by atoms with Crippen molar-refractivity contribution < 1.29 is 0 Å². The molecule has 1 aliphatic heterocycles. The maximum Gasteiger partial charge on any atom is 0.0652 e. The van der Waals surface area contributed by atoms with Crippen molar-refractivity contribution in [2.24, 2.45) is 0 Å². The molecule has 0 saturated carbocycles. The van der Waals surface area contributed by atoms with Gasteiger partial charge in [0.15, 0.2) is 0 Å². The van der Waals surface area contributed by atoms with E-state index in [-0.39, 0.29) is 0 Å². The van der Waals surface area contributed by atoms with E-state index in [2.05, 4.69) is 10.6 Å². The van der Waals surface area contributed by atoms with Gasteiger partial charge in [-0.1, -0.05) is 23.2 Å². The Bertz CT molecular complexity index is 335. The van der Waals surface area contributed by atoms with Gasteiger partial charge in [-0.3, -0.25) is 0 Å². The molecule has 0 radical (unpaired) electrons. The summed E-state index contributed by atoms with van der Waals surface area (Å²) in [5.41, 5.74) is 0.953. The molecule has 1 aromatic rings. The highest BCUT2D eigenvalue weighted by atomic mass is 35.5. The summed E-state index contributed by atoms with van der Waals surface area (Å²) in [6.07, 6.45) is 2.50. The van der Waals surface area contributed by atoms with Crippen molar-refractivity contribution in [3.8, 4) is 0 Å². The maximum atomic E-state index is 6.05. The van der Waals surface area contributed by atoms with Crippen molar-refractivity contribution in [3.63, 3.8) is 0 Å². The second-order valence-corrected chi connectivity index (χ2v) is 4.64. The summed E-state index contributed by atoms with van der Waals surface area (Å²) in [6.45, 7) is 2.04. The third kappa shape index (κ3) is 3.00. The standard InChI is InChI=1S/C11H14Cl2N2/c12-8-3-4-11(10(13)6-8)15-7-9-2-1-5-14-9/h3-4,6,9,14-15H,1-2,5,7H2/t9-/m1/s1. The summed E-state index contributed by atoms with van der Waals surface area (Å²) in [6, 6.07) is 6.09. The highest BCUT2D eigenvalue weighted by Gasteiger charge is 2.13. The van der Waals surface area contributed by atoms with Crippen LogP contribution in [0.25, 0.3) is 0 Å². The Morgan fingerprint density at radius 1 is 1.40 bits per heavy atom. The van der Waals surface area contributed by atoms with Crippen molar-refractivity contribution in [3.05, 3.63) is 28.2 Å². The van der Waals surface area contributed by atoms with E-state index >= 15 is 0 Å². The predicted molar refractivity (Wildman–Crippen MR) is 66.0 cm³/mol. The lowest BCUT2D eigenvalue weighted by atomic mass is 10.2. The smallest absolute Gasteiger partial charge is 0.0652 e. The zero-order chi connectivity index (χ0) is 10.7. The molecular formula is C11H14Cl2N2. The fourth-order valence-corrected chi connectivity index (χ4v) is 2.27. The second kappa shape index (κ2) is 5.06. The van der Waals surface area contributed by atoms with E-state index in [1.807, 2.05) is 12.1 Å². The molecule has 1 fully saturated rings. The Balaban J connectivity index is 1.92. The van der Waals surface area contributed by atoms with Gasteiger partial charge in [-0.25, -0.2) is 0 Å². The second-order valence-electron chi connectivity index (χ2n) is 3.80. The van der Waals surface area contributed by atoms with Gasteiger partial charge in [-0.05, 0) is 37.6 Å². The fraction of sp³-hybridized carbons (Fsp3) is 0.455. The SMILES string of the molecule is Clc1ccc(NC[C@H]2CCCN2)c(Cl)c1. The normalized spacial score (nSPS) is 20.5. The number of halogens is 2. The van der Waals surface area contributed by atoms with Crippen LogP contribution in [0.5, 0.6) is 0 Å². The molecular weight excluding hydrogens is 231 g/mol. The van der Waals surface area contributed by atoms with Crippen molar-refractivity contribution in [2.75, 3.05) is 18.4 Å². The van der Waals surface area contributed by atoms with Crippen LogP contribution in [0.3, 0.4) is 0 Å². The number of hydrogen-bond donors (Lipinski definition) is 2. The molecule has 0 bridgehead atoms. The molecule has 0 aromatic heterocycles. The Hall–Kier alpha value is -0.440. The monoisotopic (exact) mass is 244 g/mol. The molecule has 0 spiro atoms. The summed E-state index contributed by atoms with van der Waals surface area (Å²) in [4.78, 5) is 0.